The van der Waals surface area contributed by atoms with Gasteiger partial charge < -0.3 is 14.2 Å². The third-order valence-corrected chi connectivity index (χ3v) is 6.75. The molecule has 2 aromatic rings. The minimum absolute atomic E-state index is 0.230. The van der Waals surface area contributed by atoms with Crippen molar-refractivity contribution >= 4 is 24.5 Å². The first kappa shape index (κ1) is 22.5. The van der Waals surface area contributed by atoms with E-state index in [-0.39, 0.29) is 12.4 Å². The summed E-state index contributed by atoms with van der Waals surface area (Å²) < 4.78 is 16.5. The lowest BCUT2D eigenvalue weighted by molar-refractivity contribution is -0.156. The molecule has 152 valence electrons. The fraction of sp³-hybridized carbons (Fsp3) is 0.435. The normalized spacial score (nSPS) is 11.6. The number of ether oxygens (including phenoxy) is 3. The van der Waals surface area contributed by atoms with Crippen LogP contribution in [0.25, 0.3) is 0 Å². The standard InChI is InChI=1S/C23H31O4P/c1-23(2,3)27-22(24)14-15-25-16-17-26-18-19-28(20-10-6-4-7-11-20)21-12-8-5-9-13-21/h4-13H,14-19H2,1-3H3/p+1. The van der Waals surface area contributed by atoms with Crippen LogP contribution in [-0.4, -0.2) is 44.2 Å². The van der Waals surface area contributed by atoms with Crippen molar-refractivity contribution in [2.24, 2.45) is 0 Å². The SMILES string of the molecule is CC(C)(C)OC(=O)CCOCCOCC[PH+](c1ccccc1)c1ccccc1. The lowest BCUT2D eigenvalue weighted by Crippen LogP contribution is -2.24. The Bertz CT molecular complexity index is 643. The first-order valence-corrected chi connectivity index (χ1v) is 11.5. The molecule has 28 heavy (non-hydrogen) atoms. The number of hydrogen-bond acceptors (Lipinski definition) is 4. The van der Waals surface area contributed by atoms with Crippen molar-refractivity contribution in [2.45, 2.75) is 32.8 Å². The van der Waals surface area contributed by atoms with E-state index in [0.717, 1.165) is 6.16 Å². The van der Waals surface area contributed by atoms with Gasteiger partial charge >= 0.3 is 5.97 Å². The number of carbonyl (C=O) groups is 1. The smallest absolute Gasteiger partial charge is 0.308 e. The zero-order valence-electron chi connectivity index (χ0n) is 17.1. The van der Waals surface area contributed by atoms with E-state index in [1.165, 1.54) is 10.6 Å². The Morgan fingerprint density at radius 1 is 0.786 bits per heavy atom. The lowest BCUT2D eigenvalue weighted by Gasteiger charge is -2.19. The molecule has 0 radical (unpaired) electrons. The Morgan fingerprint density at radius 3 is 1.79 bits per heavy atom. The Kier molecular flexibility index (Phi) is 9.63. The molecule has 0 aliphatic carbocycles. The molecule has 0 aliphatic heterocycles. The first-order chi connectivity index (χ1) is 13.5. The largest absolute Gasteiger partial charge is 0.460 e. The van der Waals surface area contributed by atoms with Gasteiger partial charge in [0.1, 0.15) is 5.60 Å². The highest BCUT2D eigenvalue weighted by atomic mass is 31.1. The van der Waals surface area contributed by atoms with E-state index >= 15 is 0 Å². The summed E-state index contributed by atoms with van der Waals surface area (Å²) in [5.74, 6) is -0.230. The summed E-state index contributed by atoms with van der Waals surface area (Å²) in [6, 6.07) is 21.3. The Hall–Kier alpha value is -1.74. The van der Waals surface area contributed by atoms with Gasteiger partial charge in [-0.15, -0.1) is 0 Å². The van der Waals surface area contributed by atoms with E-state index in [9.17, 15) is 4.79 Å². The molecule has 0 unspecified atom stereocenters. The molecule has 0 aliphatic rings. The molecule has 0 bridgehead atoms. The molecule has 2 aromatic carbocycles. The quantitative estimate of drug-likeness (QED) is 0.327. The molecule has 0 aromatic heterocycles. The molecule has 4 nitrogen and oxygen atoms in total. The van der Waals surface area contributed by atoms with E-state index in [1.54, 1.807) is 0 Å². The molecule has 0 atom stereocenters. The Labute approximate surface area is 170 Å². The van der Waals surface area contributed by atoms with E-state index in [2.05, 4.69) is 60.7 Å². The third-order valence-electron chi connectivity index (χ3n) is 3.98. The second kappa shape index (κ2) is 12.0. The molecule has 0 N–H and O–H groups in total. The number of hydrogen-bond donors (Lipinski definition) is 0. The lowest BCUT2D eigenvalue weighted by atomic mass is 10.2. The van der Waals surface area contributed by atoms with Crippen molar-refractivity contribution < 1.29 is 19.0 Å². The highest BCUT2D eigenvalue weighted by Crippen LogP contribution is 2.32. The molecule has 2 rings (SSSR count). The zero-order chi connectivity index (χ0) is 20.2. The minimum atomic E-state index is -0.852. The number of benzene rings is 2. The van der Waals surface area contributed by atoms with Crippen LogP contribution in [0.4, 0.5) is 0 Å². The zero-order valence-corrected chi connectivity index (χ0v) is 18.1. The summed E-state index contributed by atoms with van der Waals surface area (Å²) >= 11 is 0. The predicted octanol–water partition coefficient (Wildman–Crippen LogP) is 3.62. The van der Waals surface area contributed by atoms with Gasteiger partial charge in [-0.1, -0.05) is 36.4 Å². The highest BCUT2D eigenvalue weighted by Gasteiger charge is 2.21. The van der Waals surface area contributed by atoms with E-state index in [1.807, 2.05) is 20.8 Å². The molecular formula is C23H32O4P+. The molecule has 0 heterocycles. The van der Waals surface area contributed by atoms with Gasteiger partial charge in [0.15, 0.2) is 0 Å². The van der Waals surface area contributed by atoms with Gasteiger partial charge in [-0.2, -0.15) is 0 Å². The Balaban J connectivity index is 1.66. The van der Waals surface area contributed by atoms with Crippen molar-refractivity contribution in [1.82, 2.24) is 0 Å². The Morgan fingerprint density at radius 2 is 1.29 bits per heavy atom. The van der Waals surface area contributed by atoms with Gasteiger partial charge in [0.2, 0.25) is 0 Å². The fourth-order valence-corrected chi connectivity index (χ4v) is 5.23. The second-order valence-corrected chi connectivity index (χ2v) is 10.1. The number of rotatable bonds is 11. The van der Waals surface area contributed by atoms with Crippen LogP contribution < -0.4 is 10.6 Å². The summed E-state index contributed by atoms with van der Waals surface area (Å²) in [4.78, 5) is 11.6. The third kappa shape index (κ3) is 8.97. The van der Waals surface area contributed by atoms with Gasteiger partial charge in [-0.25, -0.2) is 0 Å². The van der Waals surface area contributed by atoms with Gasteiger partial charge in [-0.05, 0) is 45.0 Å². The molecule has 0 spiro atoms. The van der Waals surface area contributed by atoms with Crippen molar-refractivity contribution in [2.75, 3.05) is 32.6 Å². The maximum absolute atomic E-state index is 11.6. The number of esters is 1. The van der Waals surface area contributed by atoms with Crippen LogP contribution in [0.1, 0.15) is 27.2 Å². The summed E-state index contributed by atoms with van der Waals surface area (Å²) in [5, 5.41) is 2.80. The van der Waals surface area contributed by atoms with Gasteiger partial charge in [0.25, 0.3) is 0 Å². The molecule has 0 saturated heterocycles. The van der Waals surface area contributed by atoms with E-state index in [0.29, 0.717) is 26.4 Å². The molecule has 0 amide bonds. The average Bonchev–Trinajstić information content (AvgIpc) is 2.67. The number of carbonyl (C=O) groups excluding carboxylic acids is 1. The summed E-state index contributed by atoms with van der Waals surface area (Å²) in [5.41, 5.74) is -0.447. The topological polar surface area (TPSA) is 44.8 Å². The van der Waals surface area contributed by atoms with Crippen molar-refractivity contribution in [3.05, 3.63) is 60.7 Å². The van der Waals surface area contributed by atoms with Crippen molar-refractivity contribution in [3.63, 3.8) is 0 Å². The van der Waals surface area contributed by atoms with Crippen molar-refractivity contribution in [3.8, 4) is 0 Å². The molecule has 5 heteroatoms. The fourth-order valence-electron chi connectivity index (χ4n) is 2.78. The van der Waals surface area contributed by atoms with Crippen LogP contribution in [0, 0.1) is 0 Å². The van der Waals surface area contributed by atoms with Crippen LogP contribution in [0.15, 0.2) is 60.7 Å². The van der Waals surface area contributed by atoms with Gasteiger partial charge in [0.05, 0.1) is 57.5 Å². The van der Waals surface area contributed by atoms with E-state index < -0.39 is 13.5 Å². The molecule has 0 saturated carbocycles. The van der Waals surface area contributed by atoms with E-state index in [4.69, 9.17) is 14.2 Å². The summed E-state index contributed by atoms with van der Waals surface area (Å²) in [7, 11) is -0.852. The average molecular weight is 403 g/mol. The predicted molar refractivity (Wildman–Crippen MR) is 117 cm³/mol. The monoisotopic (exact) mass is 403 g/mol. The summed E-state index contributed by atoms with van der Waals surface area (Å²) in [6.45, 7) is 7.67. The van der Waals surface area contributed by atoms with Crippen LogP contribution in [0.5, 0.6) is 0 Å². The molecular weight excluding hydrogens is 371 g/mol. The van der Waals surface area contributed by atoms with Crippen molar-refractivity contribution in [1.29, 1.82) is 0 Å². The highest BCUT2D eigenvalue weighted by molar-refractivity contribution is 7.73. The molecule has 0 fully saturated rings. The van der Waals surface area contributed by atoms with Gasteiger partial charge in [-0.3, -0.25) is 4.79 Å². The second-order valence-electron chi connectivity index (χ2n) is 7.52. The van der Waals surface area contributed by atoms with Crippen LogP contribution >= 0.6 is 7.92 Å². The minimum Gasteiger partial charge on any atom is -0.460 e. The maximum atomic E-state index is 11.6. The summed E-state index contributed by atoms with van der Waals surface area (Å²) in [6.07, 6.45) is 1.28. The van der Waals surface area contributed by atoms with Gasteiger partial charge in [0, 0.05) is 0 Å². The van der Waals surface area contributed by atoms with Crippen LogP contribution in [-0.2, 0) is 19.0 Å². The van der Waals surface area contributed by atoms with Crippen LogP contribution in [0.2, 0.25) is 0 Å². The van der Waals surface area contributed by atoms with Crippen LogP contribution in [0.3, 0.4) is 0 Å². The maximum Gasteiger partial charge on any atom is 0.308 e. The first-order valence-electron chi connectivity index (χ1n) is 9.80.